The molecule has 1 aliphatic rings. The topological polar surface area (TPSA) is 64.1 Å². The van der Waals surface area contributed by atoms with Crippen molar-refractivity contribution in [1.82, 2.24) is 14.8 Å². The third-order valence-corrected chi connectivity index (χ3v) is 5.92. The minimum Gasteiger partial charge on any atom is -0.493 e. The van der Waals surface area contributed by atoms with Crippen molar-refractivity contribution in [3.8, 4) is 17.2 Å². The van der Waals surface area contributed by atoms with Crippen LogP contribution in [0.2, 0.25) is 0 Å². The van der Waals surface area contributed by atoms with Gasteiger partial charge >= 0.3 is 0 Å². The van der Waals surface area contributed by atoms with Crippen molar-refractivity contribution in [2.24, 2.45) is 0 Å². The highest BCUT2D eigenvalue weighted by atomic mass is 32.1. The van der Waals surface area contributed by atoms with Crippen molar-refractivity contribution >= 4 is 17.2 Å². The molecule has 1 fully saturated rings. The first kappa shape index (κ1) is 20.4. The van der Waals surface area contributed by atoms with Crippen LogP contribution in [-0.2, 0) is 13.0 Å². The summed E-state index contributed by atoms with van der Waals surface area (Å²) in [6, 6.07) is 3.47. The summed E-state index contributed by atoms with van der Waals surface area (Å²) in [7, 11) is 4.63. The van der Waals surface area contributed by atoms with Crippen LogP contribution in [0.3, 0.4) is 0 Å². The molecule has 0 saturated carbocycles. The predicted molar refractivity (Wildman–Crippen MR) is 109 cm³/mol. The van der Waals surface area contributed by atoms with Gasteiger partial charge in [-0.1, -0.05) is 6.92 Å². The fraction of sp³-hybridized carbons (Fsp3) is 0.500. The van der Waals surface area contributed by atoms with E-state index in [0.717, 1.165) is 31.7 Å². The van der Waals surface area contributed by atoms with Crippen LogP contribution < -0.4 is 14.2 Å². The average molecular weight is 406 g/mol. The van der Waals surface area contributed by atoms with Gasteiger partial charge in [0.25, 0.3) is 5.91 Å². The first-order chi connectivity index (χ1) is 13.6. The molecule has 2 aromatic rings. The zero-order valence-electron chi connectivity index (χ0n) is 16.9. The molecular weight excluding hydrogens is 378 g/mol. The molecule has 1 aliphatic heterocycles. The summed E-state index contributed by atoms with van der Waals surface area (Å²) >= 11 is 1.71. The van der Waals surface area contributed by atoms with Crippen LogP contribution in [0, 0.1) is 0 Å². The Morgan fingerprint density at radius 1 is 1.07 bits per heavy atom. The van der Waals surface area contributed by atoms with E-state index in [1.54, 1.807) is 30.6 Å². The number of aromatic nitrogens is 1. The van der Waals surface area contributed by atoms with Gasteiger partial charge in [-0.05, 0) is 18.6 Å². The molecule has 0 unspecified atom stereocenters. The zero-order valence-corrected chi connectivity index (χ0v) is 17.7. The number of amides is 1. The van der Waals surface area contributed by atoms with E-state index in [1.807, 2.05) is 4.90 Å². The van der Waals surface area contributed by atoms with E-state index in [9.17, 15) is 4.79 Å². The quantitative estimate of drug-likeness (QED) is 0.706. The number of carbonyl (C=O) groups is 1. The summed E-state index contributed by atoms with van der Waals surface area (Å²) in [5, 5.41) is 3.30. The fourth-order valence-electron chi connectivity index (χ4n) is 3.36. The van der Waals surface area contributed by atoms with Gasteiger partial charge < -0.3 is 19.1 Å². The van der Waals surface area contributed by atoms with Crippen LogP contribution in [0.15, 0.2) is 17.5 Å². The number of aryl methyl sites for hydroxylation is 1. The number of benzene rings is 1. The number of thiazole rings is 1. The van der Waals surface area contributed by atoms with E-state index in [2.05, 4.69) is 22.2 Å². The number of hydrogen-bond acceptors (Lipinski definition) is 7. The minimum absolute atomic E-state index is 0.0561. The molecule has 2 heterocycles. The fourth-order valence-corrected chi connectivity index (χ4v) is 4.10. The molecule has 0 bridgehead atoms. The Kier molecular flexibility index (Phi) is 6.74. The molecule has 8 heteroatoms. The van der Waals surface area contributed by atoms with Crippen molar-refractivity contribution in [1.29, 1.82) is 0 Å². The van der Waals surface area contributed by atoms with Crippen molar-refractivity contribution in [2.45, 2.75) is 19.9 Å². The summed E-state index contributed by atoms with van der Waals surface area (Å²) in [4.78, 5) is 21.9. The number of hydrogen-bond donors (Lipinski definition) is 0. The number of carbonyl (C=O) groups excluding carboxylic acids is 1. The van der Waals surface area contributed by atoms with Crippen LogP contribution in [-0.4, -0.2) is 68.2 Å². The van der Waals surface area contributed by atoms with E-state index in [1.165, 1.54) is 19.2 Å². The Labute approximate surface area is 169 Å². The second-order valence-corrected chi connectivity index (χ2v) is 7.48. The lowest BCUT2D eigenvalue weighted by molar-refractivity contribution is 0.0623. The molecule has 3 rings (SSSR count). The van der Waals surface area contributed by atoms with Gasteiger partial charge in [-0.25, -0.2) is 4.98 Å². The normalized spacial score (nSPS) is 14.8. The summed E-state index contributed by atoms with van der Waals surface area (Å²) in [5.74, 6) is 1.32. The molecule has 152 valence electrons. The largest absolute Gasteiger partial charge is 0.493 e. The van der Waals surface area contributed by atoms with Crippen molar-refractivity contribution < 1.29 is 19.0 Å². The van der Waals surface area contributed by atoms with Crippen LogP contribution in [0.25, 0.3) is 0 Å². The van der Waals surface area contributed by atoms with E-state index in [0.29, 0.717) is 35.9 Å². The lowest BCUT2D eigenvalue weighted by Gasteiger charge is -2.34. The van der Waals surface area contributed by atoms with Gasteiger partial charge in [-0.15, -0.1) is 11.3 Å². The maximum Gasteiger partial charge on any atom is 0.257 e. The Bertz CT molecular complexity index is 816. The van der Waals surface area contributed by atoms with Gasteiger partial charge in [-0.3, -0.25) is 9.69 Å². The van der Waals surface area contributed by atoms with Gasteiger partial charge in [0.2, 0.25) is 5.75 Å². The number of rotatable bonds is 7. The third-order valence-electron chi connectivity index (χ3n) is 4.88. The molecule has 0 atom stereocenters. The second-order valence-electron chi connectivity index (χ2n) is 6.54. The van der Waals surface area contributed by atoms with Crippen molar-refractivity contribution in [3.05, 3.63) is 33.8 Å². The lowest BCUT2D eigenvalue weighted by Crippen LogP contribution is -2.48. The van der Waals surface area contributed by atoms with Crippen molar-refractivity contribution in [2.75, 3.05) is 47.5 Å². The maximum atomic E-state index is 13.1. The van der Waals surface area contributed by atoms with E-state index >= 15 is 0 Å². The Morgan fingerprint density at radius 3 is 2.36 bits per heavy atom. The summed E-state index contributed by atoms with van der Waals surface area (Å²) < 4.78 is 16.2. The highest BCUT2D eigenvalue weighted by molar-refractivity contribution is 7.09. The first-order valence-corrected chi connectivity index (χ1v) is 10.2. The summed E-state index contributed by atoms with van der Waals surface area (Å²) in [6.45, 7) is 5.93. The molecule has 0 aliphatic carbocycles. The van der Waals surface area contributed by atoms with Crippen LogP contribution in [0.5, 0.6) is 17.2 Å². The van der Waals surface area contributed by atoms with Gasteiger partial charge in [0, 0.05) is 38.1 Å². The third kappa shape index (κ3) is 4.23. The number of nitrogens with zero attached hydrogens (tertiary/aromatic N) is 3. The monoisotopic (exact) mass is 405 g/mol. The minimum atomic E-state index is -0.0561. The van der Waals surface area contributed by atoms with Gasteiger partial charge in [0.05, 0.1) is 37.6 Å². The van der Waals surface area contributed by atoms with Crippen LogP contribution in [0.4, 0.5) is 0 Å². The number of methoxy groups -OCH3 is 3. The molecule has 1 amide bonds. The number of piperazine rings is 1. The molecule has 0 radical (unpaired) electrons. The zero-order chi connectivity index (χ0) is 20.1. The second kappa shape index (κ2) is 9.25. The first-order valence-electron chi connectivity index (χ1n) is 9.35. The molecular formula is C20H27N3O4S. The molecule has 1 aromatic heterocycles. The smallest absolute Gasteiger partial charge is 0.257 e. The van der Waals surface area contributed by atoms with Gasteiger partial charge in [0.1, 0.15) is 0 Å². The Hall–Kier alpha value is -2.32. The lowest BCUT2D eigenvalue weighted by atomic mass is 10.1. The van der Waals surface area contributed by atoms with Gasteiger partial charge in [-0.2, -0.15) is 0 Å². The Morgan fingerprint density at radius 2 is 1.79 bits per heavy atom. The molecule has 0 spiro atoms. The Balaban J connectivity index is 1.66. The van der Waals surface area contributed by atoms with Crippen LogP contribution in [0.1, 0.15) is 28.0 Å². The average Bonchev–Trinajstić information content (AvgIpc) is 3.20. The highest BCUT2D eigenvalue weighted by Crippen LogP contribution is 2.40. The molecule has 0 N–H and O–H groups in total. The van der Waals surface area contributed by atoms with Gasteiger partial charge in [0.15, 0.2) is 11.5 Å². The molecule has 28 heavy (non-hydrogen) atoms. The maximum absolute atomic E-state index is 13.1. The molecule has 1 saturated heterocycles. The standard InChI is InChI=1S/C20H27N3O4S/c1-5-17-21-14(13-28-17)12-22-8-10-23(11-9-22)20(24)15-6-7-16(25-2)19(27-4)18(15)26-3/h6-7,13H,5,8-12H2,1-4H3. The highest BCUT2D eigenvalue weighted by Gasteiger charge is 2.27. The van der Waals surface area contributed by atoms with Crippen molar-refractivity contribution in [3.63, 3.8) is 0 Å². The van der Waals surface area contributed by atoms with Crippen LogP contribution >= 0.6 is 11.3 Å². The molecule has 7 nitrogen and oxygen atoms in total. The summed E-state index contributed by atoms with van der Waals surface area (Å²) in [6.07, 6.45) is 0.972. The summed E-state index contributed by atoms with van der Waals surface area (Å²) in [5.41, 5.74) is 1.60. The van der Waals surface area contributed by atoms with E-state index in [4.69, 9.17) is 14.2 Å². The molecule has 1 aromatic carbocycles. The predicted octanol–water partition coefficient (Wildman–Crippen LogP) is 2.69. The number of ether oxygens (including phenoxy) is 3. The SMILES string of the molecule is CCc1nc(CN2CCN(C(=O)c3ccc(OC)c(OC)c3OC)CC2)cs1. The van der Waals surface area contributed by atoms with E-state index in [-0.39, 0.29) is 5.91 Å². The van der Waals surface area contributed by atoms with E-state index < -0.39 is 0 Å².